The minimum Gasteiger partial charge on any atom is -0.368 e. The number of aromatic nitrogens is 1. The van der Waals surface area contributed by atoms with Crippen LogP contribution in [0.1, 0.15) is 36.5 Å². The number of pyridine rings is 1. The van der Waals surface area contributed by atoms with Gasteiger partial charge in [0.2, 0.25) is 5.91 Å². The van der Waals surface area contributed by atoms with Crippen LogP contribution in [0.5, 0.6) is 0 Å². The van der Waals surface area contributed by atoms with Gasteiger partial charge in [0.05, 0.1) is 0 Å². The summed E-state index contributed by atoms with van der Waals surface area (Å²) in [4.78, 5) is 28.8. The first-order valence-electron chi connectivity index (χ1n) is 6.04. The maximum absolute atomic E-state index is 12.1. The zero-order valence-corrected chi connectivity index (χ0v) is 10.8. The van der Waals surface area contributed by atoms with E-state index in [1.165, 1.54) is 4.90 Å². The van der Waals surface area contributed by atoms with Crippen LogP contribution in [-0.2, 0) is 4.79 Å². The van der Waals surface area contributed by atoms with E-state index >= 15 is 0 Å². The molecule has 1 atom stereocenters. The first-order chi connectivity index (χ1) is 8.57. The summed E-state index contributed by atoms with van der Waals surface area (Å²) in [6.45, 7) is 2.03. The number of carbonyl (C=O) groups excluding carboxylic acids is 2. The van der Waals surface area contributed by atoms with E-state index in [9.17, 15) is 9.59 Å². The quantitative estimate of drug-likeness (QED) is 0.823. The number of hydrogen-bond donors (Lipinski definition) is 1. The largest absolute Gasteiger partial charge is 0.368 e. The molecule has 1 rings (SSSR count). The predicted molar refractivity (Wildman–Crippen MR) is 68.8 cm³/mol. The van der Waals surface area contributed by atoms with Gasteiger partial charge < -0.3 is 10.6 Å². The van der Waals surface area contributed by atoms with Crippen LogP contribution in [0.15, 0.2) is 24.5 Å². The van der Waals surface area contributed by atoms with E-state index < -0.39 is 11.9 Å². The summed E-state index contributed by atoms with van der Waals surface area (Å²) in [5, 5.41) is 0. The van der Waals surface area contributed by atoms with Gasteiger partial charge in [0.25, 0.3) is 5.91 Å². The average molecular weight is 249 g/mol. The lowest BCUT2D eigenvalue weighted by atomic mass is 10.1. The van der Waals surface area contributed by atoms with Crippen molar-refractivity contribution in [2.45, 2.75) is 32.2 Å². The van der Waals surface area contributed by atoms with Gasteiger partial charge in [-0.05, 0) is 18.6 Å². The van der Waals surface area contributed by atoms with Crippen molar-refractivity contribution in [3.63, 3.8) is 0 Å². The molecule has 1 unspecified atom stereocenters. The van der Waals surface area contributed by atoms with Crippen molar-refractivity contribution >= 4 is 11.8 Å². The second-order valence-corrected chi connectivity index (χ2v) is 4.21. The second kappa shape index (κ2) is 6.74. The van der Waals surface area contributed by atoms with Crippen LogP contribution in [0, 0.1) is 0 Å². The van der Waals surface area contributed by atoms with Crippen molar-refractivity contribution in [2.24, 2.45) is 5.73 Å². The average Bonchev–Trinajstić information content (AvgIpc) is 2.38. The minimum atomic E-state index is -0.550. The van der Waals surface area contributed by atoms with Crippen molar-refractivity contribution in [3.05, 3.63) is 30.1 Å². The lowest BCUT2D eigenvalue weighted by Gasteiger charge is -2.25. The fourth-order valence-electron chi connectivity index (χ4n) is 1.76. The maximum Gasteiger partial charge on any atom is 0.254 e. The van der Waals surface area contributed by atoms with E-state index in [1.807, 2.05) is 6.92 Å². The summed E-state index contributed by atoms with van der Waals surface area (Å²) in [6, 6.07) is 2.69. The molecule has 1 aromatic heterocycles. The van der Waals surface area contributed by atoms with Crippen LogP contribution in [0.4, 0.5) is 0 Å². The molecule has 2 N–H and O–H groups in total. The molecule has 0 bridgehead atoms. The molecule has 0 aliphatic carbocycles. The molecule has 0 saturated carbocycles. The van der Waals surface area contributed by atoms with Crippen molar-refractivity contribution in [1.29, 1.82) is 0 Å². The zero-order valence-electron chi connectivity index (χ0n) is 10.8. The van der Waals surface area contributed by atoms with E-state index in [4.69, 9.17) is 5.73 Å². The number of rotatable bonds is 6. The van der Waals surface area contributed by atoms with Gasteiger partial charge in [-0.1, -0.05) is 19.8 Å². The SMILES string of the molecule is CCCCC(C(N)=O)N(C)C(=O)c1ccncc1. The summed E-state index contributed by atoms with van der Waals surface area (Å²) >= 11 is 0. The fourth-order valence-corrected chi connectivity index (χ4v) is 1.76. The molecule has 0 saturated heterocycles. The standard InChI is InChI=1S/C13H19N3O2/c1-3-4-5-11(12(14)17)16(2)13(18)10-6-8-15-9-7-10/h6-9,11H,3-5H2,1-2H3,(H2,14,17). The van der Waals surface area contributed by atoms with Crippen LogP contribution >= 0.6 is 0 Å². The van der Waals surface area contributed by atoms with E-state index in [-0.39, 0.29) is 5.91 Å². The van der Waals surface area contributed by atoms with Crippen molar-refractivity contribution in [3.8, 4) is 0 Å². The molecule has 0 aliphatic rings. The highest BCUT2D eigenvalue weighted by Crippen LogP contribution is 2.11. The van der Waals surface area contributed by atoms with Crippen LogP contribution in [0.25, 0.3) is 0 Å². The topological polar surface area (TPSA) is 76.3 Å². The number of likely N-dealkylation sites (N-methyl/N-ethyl adjacent to an activating group) is 1. The summed E-state index contributed by atoms with van der Waals surface area (Å²) in [7, 11) is 1.61. The molecule has 0 spiro atoms. The van der Waals surface area contributed by atoms with E-state index in [0.29, 0.717) is 12.0 Å². The van der Waals surface area contributed by atoms with Gasteiger partial charge in [-0.25, -0.2) is 0 Å². The highest BCUT2D eigenvalue weighted by atomic mass is 16.2. The number of nitrogens with two attached hydrogens (primary N) is 1. The van der Waals surface area contributed by atoms with Crippen molar-refractivity contribution < 1.29 is 9.59 Å². The van der Waals surface area contributed by atoms with Crippen LogP contribution in [0.3, 0.4) is 0 Å². The van der Waals surface area contributed by atoms with E-state index in [2.05, 4.69) is 4.98 Å². The first-order valence-corrected chi connectivity index (χ1v) is 6.04. The molecule has 0 radical (unpaired) electrons. The van der Waals surface area contributed by atoms with E-state index in [1.54, 1.807) is 31.6 Å². The van der Waals surface area contributed by atoms with E-state index in [0.717, 1.165) is 12.8 Å². The summed E-state index contributed by atoms with van der Waals surface area (Å²) in [6.07, 6.45) is 5.51. The van der Waals surface area contributed by atoms with Crippen LogP contribution < -0.4 is 5.73 Å². The Balaban J connectivity index is 2.80. The predicted octanol–water partition coefficient (Wildman–Crippen LogP) is 1.20. The Bertz CT molecular complexity index is 406. The second-order valence-electron chi connectivity index (χ2n) is 4.21. The van der Waals surface area contributed by atoms with Crippen molar-refractivity contribution in [1.82, 2.24) is 9.88 Å². The van der Waals surface area contributed by atoms with Gasteiger partial charge in [-0.2, -0.15) is 0 Å². The Morgan fingerprint density at radius 1 is 1.39 bits per heavy atom. The number of unbranched alkanes of at least 4 members (excludes halogenated alkanes) is 1. The van der Waals surface area contributed by atoms with Crippen molar-refractivity contribution in [2.75, 3.05) is 7.05 Å². The number of hydrogen-bond acceptors (Lipinski definition) is 3. The van der Waals surface area contributed by atoms with Crippen LogP contribution in [-0.4, -0.2) is 34.8 Å². The fraction of sp³-hybridized carbons (Fsp3) is 0.462. The monoisotopic (exact) mass is 249 g/mol. The highest BCUT2D eigenvalue weighted by molar-refractivity contribution is 5.96. The van der Waals surface area contributed by atoms with Gasteiger partial charge >= 0.3 is 0 Å². The summed E-state index contributed by atoms with van der Waals surface area (Å²) in [5.74, 6) is -0.675. The molecular formula is C13H19N3O2. The first kappa shape index (κ1) is 14.2. The molecule has 0 aromatic carbocycles. The number of carbonyl (C=O) groups is 2. The Hall–Kier alpha value is -1.91. The Kier molecular flexibility index (Phi) is 5.30. The zero-order chi connectivity index (χ0) is 13.5. The lowest BCUT2D eigenvalue weighted by molar-refractivity contribution is -0.122. The molecule has 18 heavy (non-hydrogen) atoms. The third-order valence-electron chi connectivity index (χ3n) is 2.87. The third kappa shape index (κ3) is 3.55. The molecule has 98 valence electrons. The highest BCUT2D eigenvalue weighted by Gasteiger charge is 2.24. The van der Waals surface area contributed by atoms with Gasteiger partial charge in [0, 0.05) is 25.0 Å². The summed E-state index contributed by atoms with van der Waals surface area (Å²) < 4.78 is 0. The smallest absolute Gasteiger partial charge is 0.254 e. The molecular weight excluding hydrogens is 230 g/mol. The molecule has 0 aliphatic heterocycles. The Morgan fingerprint density at radius 3 is 2.50 bits per heavy atom. The minimum absolute atomic E-state index is 0.211. The lowest BCUT2D eigenvalue weighted by Crippen LogP contribution is -2.45. The third-order valence-corrected chi connectivity index (χ3v) is 2.87. The number of amides is 2. The molecule has 1 heterocycles. The molecule has 2 amide bonds. The van der Waals surface area contributed by atoms with Crippen LogP contribution in [0.2, 0.25) is 0 Å². The Labute approximate surface area is 107 Å². The van der Waals surface area contributed by atoms with Gasteiger partial charge in [-0.15, -0.1) is 0 Å². The molecule has 5 heteroatoms. The van der Waals surface area contributed by atoms with Gasteiger partial charge in [0.15, 0.2) is 0 Å². The van der Waals surface area contributed by atoms with Gasteiger partial charge in [0.1, 0.15) is 6.04 Å². The molecule has 1 aromatic rings. The Morgan fingerprint density at radius 2 is 2.00 bits per heavy atom. The number of nitrogens with zero attached hydrogens (tertiary/aromatic N) is 2. The molecule has 0 fully saturated rings. The normalized spacial score (nSPS) is 11.9. The number of primary amides is 1. The maximum atomic E-state index is 12.1. The van der Waals surface area contributed by atoms with Gasteiger partial charge in [-0.3, -0.25) is 14.6 Å². The summed E-state index contributed by atoms with van der Waals surface area (Å²) in [5.41, 5.74) is 5.86. The molecule has 5 nitrogen and oxygen atoms in total.